The maximum Gasteiger partial charge on any atom is 0.243 e. The first kappa shape index (κ1) is 18.0. The molecule has 1 aliphatic rings. The van der Waals surface area contributed by atoms with E-state index in [-0.39, 0.29) is 12.6 Å². The molecule has 0 aliphatic carbocycles. The summed E-state index contributed by atoms with van der Waals surface area (Å²) in [5, 5.41) is 0. The maximum atomic E-state index is 13.8. The fourth-order valence-electron chi connectivity index (χ4n) is 3.24. The number of likely N-dealkylation sites (tertiary alicyclic amines) is 1. The van der Waals surface area contributed by atoms with Crippen molar-refractivity contribution in [2.45, 2.75) is 23.8 Å². The van der Waals surface area contributed by atoms with Gasteiger partial charge in [-0.05, 0) is 56.3 Å². The third-order valence-corrected chi connectivity index (χ3v) is 5.99. The van der Waals surface area contributed by atoms with E-state index in [9.17, 15) is 17.2 Å². The van der Waals surface area contributed by atoms with Gasteiger partial charge in [0, 0.05) is 25.5 Å². The normalized spacial score (nSPS) is 17.1. The summed E-state index contributed by atoms with van der Waals surface area (Å²) in [6.45, 7) is 1.86. The van der Waals surface area contributed by atoms with Gasteiger partial charge in [0.15, 0.2) is 0 Å². The van der Waals surface area contributed by atoms with Gasteiger partial charge in [-0.3, -0.25) is 4.90 Å². The lowest BCUT2D eigenvalue weighted by Gasteiger charge is -2.28. The van der Waals surface area contributed by atoms with Crippen molar-refractivity contribution in [1.29, 1.82) is 0 Å². The summed E-state index contributed by atoms with van der Waals surface area (Å²) in [6, 6.07) is 6.10. The van der Waals surface area contributed by atoms with Crippen molar-refractivity contribution in [2.24, 2.45) is 7.05 Å². The van der Waals surface area contributed by atoms with Crippen LogP contribution in [-0.4, -0.2) is 37.5 Å². The first-order chi connectivity index (χ1) is 11.9. The van der Waals surface area contributed by atoms with Crippen molar-refractivity contribution in [2.75, 3.05) is 19.6 Å². The second-order valence-electron chi connectivity index (χ2n) is 6.23. The second kappa shape index (κ2) is 7.23. The largest absolute Gasteiger partial charge is 0.353 e. The summed E-state index contributed by atoms with van der Waals surface area (Å²) in [5.74, 6) is -1.76. The van der Waals surface area contributed by atoms with Crippen LogP contribution in [0.5, 0.6) is 0 Å². The highest BCUT2D eigenvalue weighted by atomic mass is 32.2. The predicted octanol–water partition coefficient (Wildman–Crippen LogP) is 2.42. The fraction of sp³-hybridized carbons (Fsp3) is 0.412. The summed E-state index contributed by atoms with van der Waals surface area (Å²) in [6.07, 6.45) is 4.03. The number of aryl methyl sites for hydroxylation is 1. The van der Waals surface area contributed by atoms with E-state index in [1.807, 2.05) is 29.9 Å². The Morgan fingerprint density at radius 3 is 2.56 bits per heavy atom. The van der Waals surface area contributed by atoms with E-state index in [2.05, 4.69) is 9.62 Å². The summed E-state index contributed by atoms with van der Waals surface area (Å²) < 4.78 is 56.4. The smallest absolute Gasteiger partial charge is 0.243 e. The van der Waals surface area contributed by atoms with Gasteiger partial charge in [-0.1, -0.05) is 0 Å². The molecule has 5 nitrogen and oxygen atoms in total. The third kappa shape index (κ3) is 3.91. The van der Waals surface area contributed by atoms with Gasteiger partial charge < -0.3 is 4.57 Å². The summed E-state index contributed by atoms with van der Waals surface area (Å²) in [5.41, 5.74) is 0.976. The number of hydrogen-bond donors (Lipinski definition) is 1. The molecule has 0 spiro atoms. The zero-order chi connectivity index (χ0) is 18.0. The van der Waals surface area contributed by atoms with Crippen molar-refractivity contribution in [3.63, 3.8) is 0 Å². The van der Waals surface area contributed by atoms with Gasteiger partial charge in [0.1, 0.15) is 16.5 Å². The van der Waals surface area contributed by atoms with Gasteiger partial charge in [-0.25, -0.2) is 21.9 Å². The molecule has 3 rings (SSSR count). The van der Waals surface area contributed by atoms with Gasteiger partial charge in [0.05, 0.1) is 6.04 Å². The zero-order valence-corrected chi connectivity index (χ0v) is 14.8. The van der Waals surface area contributed by atoms with E-state index < -0.39 is 26.6 Å². The number of sulfonamides is 1. The number of aromatic nitrogens is 1. The number of benzene rings is 1. The molecule has 1 aromatic heterocycles. The first-order valence-electron chi connectivity index (χ1n) is 8.18. The molecule has 1 aromatic carbocycles. The monoisotopic (exact) mass is 369 g/mol. The molecule has 25 heavy (non-hydrogen) atoms. The fourth-order valence-corrected chi connectivity index (χ4v) is 4.37. The number of nitrogens with one attached hydrogen (secondary N) is 1. The second-order valence-corrected chi connectivity index (χ2v) is 7.96. The van der Waals surface area contributed by atoms with Gasteiger partial charge in [-0.2, -0.15) is 0 Å². The Bertz CT molecular complexity index is 845. The van der Waals surface area contributed by atoms with Crippen molar-refractivity contribution in [1.82, 2.24) is 14.2 Å². The maximum absolute atomic E-state index is 13.8. The minimum absolute atomic E-state index is 0.0934. The van der Waals surface area contributed by atoms with E-state index >= 15 is 0 Å². The van der Waals surface area contributed by atoms with Crippen LogP contribution in [0.15, 0.2) is 41.4 Å². The van der Waals surface area contributed by atoms with Crippen LogP contribution in [0.2, 0.25) is 0 Å². The Hall–Kier alpha value is -1.77. The van der Waals surface area contributed by atoms with Gasteiger partial charge >= 0.3 is 0 Å². The lowest BCUT2D eigenvalue weighted by Crippen LogP contribution is -2.37. The summed E-state index contributed by atoms with van der Waals surface area (Å²) in [7, 11) is -2.24. The van der Waals surface area contributed by atoms with Crippen LogP contribution in [0.3, 0.4) is 0 Å². The van der Waals surface area contributed by atoms with Crippen LogP contribution in [0.1, 0.15) is 24.6 Å². The minimum atomic E-state index is -4.14. The van der Waals surface area contributed by atoms with E-state index in [0.717, 1.165) is 43.8 Å². The van der Waals surface area contributed by atoms with Crippen LogP contribution in [0.4, 0.5) is 8.78 Å². The first-order valence-corrected chi connectivity index (χ1v) is 9.67. The number of rotatable bonds is 6. The molecular weight excluding hydrogens is 348 g/mol. The van der Waals surface area contributed by atoms with Crippen LogP contribution in [0.25, 0.3) is 0 Å². The number of nitrogens with zero attached hydrogens (tertiary/aromatic N) is 2. The minimum Gasteiger partial charge on any atom is -0.353 e. The number of hydrogen-bond acceptors (Lipinski definition) is 3. The molecule has 0 unspecified atom stereocenters. The Labute approximate surface area is 146 Å². The van der Waals surface area contributed by atoms with Gasteiger partial charge in [0.2, 0.25) is 10.0 Å². The van der Waals surface area contributed by atoms with Crippen LogP contribution < -0.4 is 4.72 Å². The van der Waals surface area contributed by atoms with Gasteiger partial charge in [0.25, 0.3) is 0 Å². The van der Waals surface area contributed by atoms with Crippen molar-refractivity contribution < 1.29 is 17.2 Å². The summed E-state index contributed by atoms with van der Waals surface area (Å²) >= 11 is 0. The highest BCUT2D eigenvalue weighted by molar-refractivity contribution is 7.89. The Kier molecular flexibility index (Phi) is 5.21. The summed E-state index contributed by atoms with van der Waals surface area (Å²) in [4.78, 5) is 1.54. The van der Waals surface area contributed by atoms with E-state index in [1.54, 1.807) is 0 Å². The molecule has 136 valence electrons. The molecular formula is C17H21F2N3O2S. The van der Waals surface area contributed by atoms with Crippen molar-refractivity contribution in [3.05, 3.63) is 53.9 Å². The molecule has 1 N–H and O–H groups in total. The average Bonchev–Trinajstić information content (AvgIpc) is 3.23. The average molecular weight is 369 g/mol. The quantitative estimate of drug-likeness (QED) is 0.851. The molecule has 1 fully saturated rings. The van der Waals surface area contributed by atoms with Gasteiger partial charge in [-0.15, -0.1) is 0 Å². The SMILES string of the molecule is Cn1cccc1[C@@H](CNS(=O)(=O)c1cc(F)ccc1F)N1CCCC1. The molecule has 1 saturated heterocycles. The lowest BCUT2D eigenvalue weighted by molar-refractivity contribution is 0.238. The van der Waals surface area contributed by atoms with Crippen LogP contribution >= 0.6 is 0 Å². The molecule has 2 aromatic rings. The van der Waals surface area contributed by atoms with Crippen LogP contribution in [-0.2, 0) is 17.1 Å². The van der Waals surface area contributed by atoms with E-state index in [4.69, 9.17) is 0 Å². The Balaban J connectivity index is 1.83. The standard InChI is InChI=1S/C17H21F2N3O2S/c1-21-8-4-5-15(21)16(22-9-2-3-10-22)12-20-25(23,24)17-11-13(18)6-7-14(17)19/h4-8,11,16,20H,2-3,9-10,12H2,1H3/t16-/m1/s1. The molecule has 2 heterocycles. The molecule has 0 amide bonds. The van der Waals surface area contributed by atoms with Crippen molar-refractivity contribution >= 4 is 10.0 Å². The molecule has 1 atom stereocenters. The Morgan fingerprint density at radius 1 is 1.20 bits per heavy atom. The highest BCUT2D eigenvalue weighted by Gasteiger charge is 2.28. The van der Waals surface area contributed by atoms with Crippen LogP contribution in [0, 0.1) is 11.6 Å². The topological polar surface area (TPSA) is 54.3 Å². The number of halogens is 2. The van der Waals surface area contributed by atoms with Crippen molar-refractivity contribution in [3.8, 4) is 0 Å². The van der Waals surface area contributed by atoms with E-state index in [0.29, 0.717) is 6.07 Å². The Morgan fingerprint density at radius 2 is 1.92 bits per heavy atom. The molecule has 0 radical (unpaired) electrons. The third-order valence-electron chi connectivity index (χ3n) is 4.56. The molecule has 1 aliphatic heterocycles. The highest BCUT2D eigenvalue weighted by Crippen LogP contribution is 2.25. The van der Waals surface area contributed by atoms with E-state index in [1.165, 1.54) is 0 Å². The predicted molar refractivity (Wildman–Crippen MR) is 90.5 cm³/mol. The molecule has 0 bridgehead atoms. The zero-order valence-electron chi connectivity index (χ0n) is 14.0. The lowest BCUT2D eigenvalue weighted by atomic mass is 10.2. The molecule has 0 saturated carbocycles. The molecule has 8 heteroatoms.